The number of pyridine rings is 1. The second-order valence-corrected chi connectivity index (χ2v) is 22.6. The lowest BCUT2D eigenvalue weighted by Gasteiger charge is -2.37. The van der Waals surface area contributed by atoms with Crippen molar-refractivity contribution in [3.8, 4) is 29.6 Å². The van der Waals surface area contributed by atoms with Gasteiger partial charge in [0.2, 0.25) is 11.8 Å². The van der Waals surface area contributed by atoms with E-state index in [4.69, 9.17) is 35.6 Å². The molecule has 4 amide bonds. The number of ether oxygens (including phenoxy) is 3. The molecule has 3 aromatic carbocycles. The fourth-order valence-corrected chi connectivity index (χ4v) is 14.0. The van der Waals surface area contributed by atoms with Gasteiger partial charge in [-0.15, -0.1) is 6.42 Å². The maximum Gasteiger partial charge on any atom is 0.409 e. The van der Waals surface area contributed by atoms with E-state index in [0.29, 0.717) is 89.8 Å². The Morgan fingerprint density at radius 3 is 2.38 bits per heavy atom. The number of anilines is 2. The number of piperidine rings is 3. The Hall–Kier alpha value is -6.97. The second kappa shape index (κ2) is 21.7. The van der Waals surface area contributed by atoms with Gasteiger partial charge in [-0.1, -0.05) is 30.2 Å². The summed E-state index contributed by atoms with van der Waals surface area (Å²) in [4.78, 5) is 73.6. The zero-order chi connectivity index (χ0) is 53.7. The van der Waals surface area contributed by atoms with Crippen molar-refractivity contribution in [2.75, 3.05) is 82.5 Å². The minimum atomic E-state index is -0.585. The molecule has 8 aliphatic rings. The molecule has 78 heavy (non-hydrogen) atoms. The van der Waals surface area contributed by atoms with Crippen molar-refractivity contribution < 1.29 is 42.2 Å². The van der Waals surface area contributed by atoms with Gasteiger partial charge in [0.15, 0.2) is 5.82 Å². The maximum absolute atomic E-state index is 16.9. The molecule has 6 fully saturated rings. The Kier molecular flexibility index (Phi) is 14.4. The van der Waals surface area contributed by atoms with Crippen LogP contribution in [0.15, 0.2) is 48.5 Å². The Balaban J connectivity index is 0.000000160. The van der Waals surface area contributed by atoms with Crippen molar-refractivity contribution in [1.82, 2.24) is 35.0 Å². The molecule has 2 aromatic heterocycles. The number of rotatable bonds is 8. The van der Waals surface area contributed by atoms with Gasteiger partial charge >= 0.3 is 12.1 Å². The van der Waals surface area contributed by atoms with Gasteiger partial charge in [0.1, 0.15) is 35.5 Å². The SMILES string of the molecule is C#Cc1c(F)ccc2cccc(-c3nc4c5c(nc(OCC67CCCN6CCC7)nc5c3F)N3CCCOCC3CC4)c12.COC(=O)N1CCC(CC2CCN(c3ccc4c(c3)CN(C3CCC(=O)NC3=O)C4=O)CC2)CC1. The predicted octanol–water partition coefficient (Wildman–Crippen LogP) is 8.19. The number of carbonyl (C=O) groups excluding carboxylic acids is 4. The van der Waals surface area contributed by atoms with Crippen molar-refractivity contribution in [2.24, 2.45) is 11.8 Å². The number of nitrogens with one attached hydrogen (secondary N) is 1. The van der Waals surface area contributed by atoms with Gasteiger partial charge < -0.3 is 33.8 Å². The lowest BCUT2D eigenvalue weighted by Crippen LogP contribution is -2.52. The number of carbonyl (C=O) groups is 4. The molecule has 0 aliphatic carbocycles. The normalized spacial score (nSPS) is 22.5. The van der Waals surface area contributed by atoms with Crippen LogP contribution in [0.1, 0.15) is 111 Å². The van der Waals surface area contributed by atoms with E-state index in [9.17, 15) is 23.6 Å². The lowest BCUT2D eigenvalue weighted by atomic mass is 9.83. The van der Waals surface area contributed by atoms with Gasteiger partial charge in [-0.05, 0) is 144 Å². The van der Waals surface area contributed by atoms with E-state index in [-0.39, 0.29) is 64.6 Å². The van der Waals surface area contributed by atoms with Crippen LogP contribution in [0.2, 0.25) is 0 Å². The molecule has 10 heterocycles. The molecule has 1 N–H and O–H groups in total. The predicted molar refractivity (Wildman–Crippen MR) is 290 cm³/mol. The largest absolute Gasteiger partial charge is 0.461 e. The summed E-state index contributed by atoms with van der Waals surface area (Å²) in [5.41, 5.74) is 4.27. The highest BCUT2D eigenvalue weighted by atomic mass is 19.1. The molecule has 6 saturated heterocycles. The molecule has 0 bridgehead atoms. The molecule has 0 spiro atoms. The summed E-state index contributed by atoms with van der Waals surface area (Å²) in [7, 11) is 1.44. The maximum atomic E-state index is 16.9. The third-order valence-corrected chi connectivity index (χ3v) is 18.1. The quantitative estimate of drug-likeness (QED) is 0.117. The minimum Gasteiger partial charge on any atom is -0.461 e. The van der Waals surface area contributed by atoms with E-state index < -0.39 is 17.7 Å². The van der Waals surface area contributed by atoms with Crippen molar-refractivity contribution in [3.63, 3.8) is 0 Å². The number of methoxy groups -OCH3 is 1. The van der Waals surface area contributed by atoms with Crippen LogP contribution in [0, 0.1) is 35.8 Å². The van der Waals surface area contributed by atoms with E-state index in [2.05, 4.69) is 32.0 Å². The highest BCUT2D eigenvalue weighted by Gasteiger charge is 2.45. The second-order valence-electron chi connectivity index (χ2n) is 22.6. The molecular formula is C60H67F2N9O7. The number of fused-ring (bicyclic) bond motifs is 5. The fourth-order valence-electron chi connectivity index (χ4n) is 14.0. The molecule has 2 unspecified atom stereocenters. The first-order chi connectivity index (χ1) is 38.0. The van der Waals surface area contributed by atoms with E-state index in [1.165, 1.54) is 19.6 Å². The van der Waals surface area contributed by atoms with Crippen molar-refractivity contribution in [1.29, 1.82) is 0 Å². The van der Waals surface area contributed by atoms with Crippen LogP contribution in [0.3, 0.4) is 0 Å². The standard InChI is InChI=1S/C34H33F2N5O2.C26H34N4O5/c1-2-23-25(35)11-9-21-7-3-8-24(27(21)23)30-29(36)31-28-26(37-30)12-10-22-19-42-18-6-17-41(22)32(28)39-33(38-31)43-20-34-13-4-15-40(34)16-5-14-34;1-35-26(34)29-12-8-18(9-13-29)14-17-6-10-28(11-7-17)20-2-3-21-19(15-20)16-30(25(21)33)22-4-5-23(31)27-24(22)32/h1,3,7-9,11,22H,4-6,10,12-20H2;2-3,15,17-18,22H,4-14,16H2,1H3,(H,27,31,32). The average molecular weight is 1060 g/mol. The van der Waals surface area contributed by atoms with Crippen LogP contribution >= 0.6 is 0 Å². The minimum absolute atomic E-state index is 0.00280. The van der Waals surface area contributed by atoms with Crippen LogP contribution in [0.25, 0.3) is 32.9 Å². The first kappa shape index (κ1) is 51.8. The number of halogens is 2. The highest BCUT2D eigenvalue weighted by Crippen LogP contribution is 2.43. The fraction of sp³-hybridized carbons (Fsp3) is 0.517. The monoisotopic (exact) mass is 1060 g/mol. The van der Waals surface area contributed by atoms with Crippen LogP contribution < -0.4 is 19.9 Å². The van der Waals surface area contributed by atoms with Gasteiger partial charge in [-0.3, -0.25) is 24.6 Å². The first-order valence-corrected chi connectivity index (χ1v) is 28.1. The number of amides is 4. The summed E-state index contributed by atoms with van der Waals surface area (Å²) < 4.78 is 49.0. The summed E-state index contributed by atoms with van der Waals surface area (Å²) in [5.74, 6) is 2.64. The summed E-state index contributed by atoms with van der Waals surface area (Å²) in [6, 6.07) is 14.1. The van der Waals surface area contributed by atoms with Gasteiger partial charge in [-0.2, -0.15) is 9.97 Å². The summed E-state index contributed by atoms with van der Waals surface area (Å²) in [6.07, 6.45) is 18.5. The molecule has 16 nitrogen and oxygen atoms in total. The molecular weight excluding hydrogens is 997 g/mol. The Labute approximate surface area is 453 Å². The first-order valence-electron chi connectivity index (χ1n) is 28.1. The molecule has 408 valence electrons. The number of aromatic nitrogens is 3. The Morgan fingerprint density at radius 1 is 0.846 bits per heavy atom. The lowest BCUT2D eigenvalue weighted by molar-refractivity contribution is -0.136. The number of terminal acetylenes is 1. The zero-order valence-corrected chi connectivity index (χ0v) is 44.4. The zero-order valence-electron chi connectivity index (χ0n) is 44.4. The van der Waals surface area contributed by atoms with Gasteiger partial charge in [-0.25, -0.2) is 18.6 Å². The molecule has 0 saturated carbocycles. The summed E-state index contributed by atoms with van der Waals surface area (Å²) in [5, 5.41) is 4.15. The number of nitrogens with zero attached hydrogens (tertiary/aromatic N) is 8. The average Bonchev–Trinajstić information content (AvgIpc) is 4.22. The third kappa shape index (κ3) is 9.75. The molecule has 2 atom stereocenters. The number of benzene rings is 3. The van der Waals surface area contributed by atoms with Crippen LogP contribution in [0.5, 0.6) is 6.01 Å². The number of aryl methyl sites for hydroxylation is 1. The van der Waals surface area contributed by atoms with E-state index >= 15 is 4.39 Å². The number of imide groups is 1. The van der Waals surface area contributed by atoms with Crippen LogP contribution in [0.4, 0.5) is 25.1 Å². The van der Waals surface area contributed by atoms with Crippen molar-refractivity contribution in [3.05, 3.63) is 82.5 Å². The molecule has 13 rings (SSSR count). The Bertz CT molecular complexity index is 3210. The van der Waals surface area contributed by atoms with E-state index in [1.807, 2.05) is 24.3 Å². The van der Waals surface area contributed by atoms with Gasteiger partial charge in [0.25, 0.3) is 5.91 Å². The molecule has 8 aliphatic heterocycles. The van der Waals surface area contributed by atoms with Gasteiger partial charge in [0.05, 0.1) is 41.9 Å². The molecule has 18 heteroatoms. The molecule has 0 radical (unpaired) electrons. The van der Waals surface area contributed by atoms with Crippen molar-refractivity contribution in [2.45, 2.75) is 114 Å². The number of hydrogen-bond acceptors (Lipinski definition) is 13. The van der Waals surface area contributed by atoms with Crippen LogP contribution in [-0.2, 0) is 32.0 Å². The topological polar surface area (TPSA) is 163 Å². The summed E-state index contributed by atoms with van der Waals surface area (Å²) >= 11 is 0. The van der Waals surface area contributed by atoms with Gasteiger partial charge in [0, 0.05) is 74.5 Å². The van der Waals surface area contributed by atoms with E-state index in [1.54, 1.807) is 21.9 Å². The molecule has 5 aromatic rings. The Morgan fingerprint density at radius 2 is 1.63 bits per heavy atom. The van der Waals surface area contributed by atoms with E-state index in [0.717, 1.165) is 121 Å². The third-order valence-electron chi connectivity index (χ3n) is 18.1. The number of hydrogen-bond donors (Lipinski definition) is 1. The van der Waals surface area contributed by atoms with Crippen molar-refractivity contribution >= 4 is 57.0 Å². The van der Waals surface area contributed by atoms with Crippen LogP contribution in [-0.4, -0.2) is 144 Å². The number of likely N-dealkylation sites (tertiary alicyclic amines) is 1. The summed E-state index contributed by atoms with van der Waals surface area (Å²) in [6.45, 7) is 8.62. The highest BCUT2D eigenvalue weighted by molar-refractivity contribution is 6.06. The smallest absolute Gasteiger partial charge is 0.409 e.